The average molecular weight is 442 g/mol. The van der Waals surface area contributed by atoms with E-state index in [1.54, 1.807) is 0 Å². The first-order valence-corrected chi connectivity index (χ1v) is 9.99. The molecule has 0 atom stereocenters. The highest BCUT2D eigenvalue weighted by molar-refractivity contribution is 9.10. The van der Waals surface area contributed by atoms with Crippen LogP contribution in [0.3, 0.4) is 0 Å². The molecule has 0 aromatic heterocycles. The third-order valence-corrected chi connectivity index (χ3v) is 4.96. The number of ether oxygens (including phenoxy) is 2. The molecule has 0 amide bonds. The molecule has 0 aliphatic carbocycles. The average Bonchev–Trinajstić information content (AvgIpc) is 2.63. The Morgan fingerprint density at radius 1 is 1.04 bits per heavy atom. The molecule has 0 aliphatic heterocycles. The SMILES string of the molecule is CCOc1cc(CNCCCNC)c(Br)cc1OCc1ccccc1Cl. The molecule has 0 saturated heterocycles. The van der Waals surface area contributed by atoms with E-state index in [2.05, 4.69) is 26.6 Å². The van der Waals surface area contributed by atoms with Crippen molar-refractivity contribution >= 4 is 27.5 Å². The zero-order valence-electron chi connectivity index (χ0n) is 15.3. The zero-order valence-corrected chi connectivity index (χ0v) is 17.6. The van der Waals surface area contributed by atoms with Crippen LogP contribution in [0.2, 0.25) is 5.02 Å². The molecule has 0 unspecified atom stereocenters. The van der Waals surface area contributed by atoms with E-state index in [4.69, 9.17) is 21.1 Å². The molecule has 6 heteroatoms. The van der Waals surface area contributed by atoms with Crippen LogP contribution in [0.4, 0.5) is 0 Å². The first kappa shape index (κ1) is 21.0. The minimum atomic E-state index is 0.397. The van der Waals surface area contributed by atoms with Crippen molar-refractivity contribution in [3.63, 3.8) is 0 Å². The monoisotopic (exact) mass is 440 g/mol. The zero-order chi connectivity index (χ0) is 18.8. The van der Waals surface area contributed by atoms with Gasteiger partial charge in [-0.15, -0.1) is 0 Å². The van der Waals surface area contributed by atoms with Crippen molar-refractivity contribution in [1.29, 1.82) is 0 Å². The highest BCUT2D eigenvalue weighted by Crippen LogP contribution is 2.34. The number of rotatable bonds is 11. The second kappa shape index (κ2) is 11.4. The van der Waals surface area contributed by atoms with E-state index < -0.39 is 0 Å². The molecule has 4 nitrogen and oxygen atoms in total. The highest BCUT2D eigenvalue weighted by Gasteiger charge is 2.12. The minimum absolute atomic E-state index is 0.397. The van der Waals surface area contributed by atoms with E-state index in [9.17, 15) is 0 Å². The largest absolute Gasteiger partial charge is 0.490 e. The molecule has 2 rings (SSSR count). The second-order valence-electron chi connectivity index (χ2n) is 5.84. The van der Waals surface area contributed by atoms with E-state index >= 15 is 0 Å². The molecule has 0 aliphatic rings. The van der Waals surface area contributed by atoms with Crippen molar-refractivity contribution in [3.8, 4) is 11.5 Å². The van der Waals surface area contributed by atoms with Crippen molar-refractivity contribution in [3.05, 3.63) is 57.0 Å². The van der Waals surface area contributed by atoms with Gasteiger partial charge in [-0.3, -0.25) is 0 Å². The third kappa shape index (κ3) is 6.47. The van der Waals surface area contributed by atoms with Crippen molar-refractivity contribution < 1.29 is 9.47 Å². The van der Waals surface area contributed by atoms with Crippen LogP contribution in [0.15, 0.2) is 40.9 Å². The quantitative estimate of drug-likeness (QED) is 0.493. The summed E-state index contributed by atoms with van der Waals surface area (Å²) in [6.07, 6.45) is 1.09. The molecule has 2 N–H and O–H groups in total. The van der Waals surface area contributed by atoms with Crippen LogP contribution in [0.25, 0.3) is 0 Å². The molecular formula is C20H26BrClN2O2. The van der Waals surface area contributed by atoms with Crippen LogP contribution in [0, 0.1) is 0 Å². The predicted octanol–water partition coefficient (Wildman–Crippen LogP) is 4.78. The summed E-state index contributed by atoms with van der Waals surface area (Å²) in [6, 6.07) is 11.7. The number of hydrogen-bond acceptors (Lipinski definition) is 4. The van der Waals surface area contributed by atoms with Crippen LogP contribution < -0.4 is 20.1 Å². The molecule has 142 valence electrons. The van der Waals surface area contributed by atoms with Gasteiger partial charge >= 0.3 is 0 Å². The number of nitrogens with one attached hydrogen (secondary N) is 2. The number of halogens is 2. The van der Waals surface area contributed by atoms with Crippen LogP contribution in [0.5, 0.6) is 11.5 Å². The van der Waals surface area contributed by atoms with Gasteiger partial charge in [0.05, 0.1) is 6.61 Å². The Morgan fingerprint density at radius 3 is 2.54 bits per heavy atom. The van der Waals surface area contributed by atoms with Crippen molar-refractivity contribution in [2.75, 3.05) is 26.7 Å². The Balaban J connectivity index is 2.06. The van der Waals surface area contributed by atoms with Gasteiger partial charge in [-0.2, -0.15) is 0 Å². The molecule has 0 fully saturated rings. The summed E-state index contributed by atoms with van der Waals surface area (Å²) in [5.74, 6) is 1.45. The summed E-state index contributed by atoms with van der Waals surface area (Å²) in [5, 5.41) is 7.30. The summed E-state index contributed by atoms with van der Waals surface area (Å²) in [7, 11) is 1.96. The van der Waals surface area contributed by atoms with E-state index in [0.717, 1.165) is 47.4 Å². The van der Waals surface area contributed by atoms with Gasteiger partial charge in [0, 0.05) is 21.6 Å². The lowest BCUT2D eigenvalue weighted by Crippen LogP contribution is -2.19. The standard InChI is InChI=1S/C20H26BrClN2O2/c1-3-25-19-11-16(13-24-10-6-9-23-2)17(21)12-20(19)26-14-15-7-4-5-8-18(15)22/h4-5,7-8,11-12,23-24H,3,6,9-10,13-14H2,1-2H3. The summed E-state index contributed by atoms with van der Waals surface area (Å²) in [4.78, 5) is 0. The maximum Gasteiger partial charge on any atom is 0.162 e. The first-order valence-electron chi connectivity index (χ1n) is 8.82. The van der Waals surface area contributed by atoms with Gasteiger partial charge in [-0.1, -0.05) is 45.7 Å². The predicted molar refractivity (Wildman–Crippen MR) is 111 cm³/mol. The Hall–Kier alpha value is -1.27. The van der Waals surface area contributed by atoms with Gasteiger partial charge in [0.25, 0.3) is 0 Å². The molecule has 0 bridgehead atoms. The van der Waals surface area contributed by atoms with Crippen molar-refractivity contribution in [1.82, 2.24) is 10.6 Å². The van der Waals surface area contributed by atoms with Gasteiger partial charge in [-0.25, -0.2) is 0 Å². The number of benzene rings is 2. The van der Waals surface area contributed by atoms with Crippen LogP contribution in [-0.2, 0) is 13.2 Å². The van der Waals surface area contributed by atoms with Crippen molar-refractivity contribution in [2.24, 2.45) is 0 Å². The molecule has 0 radical (unpaired) electrons. The Morgan fingerprint density at radius 2 is 1.81 bits per heavy atom. The van der Waals surface area contributed by atoms with E-state index in [-0.39, 0.29) is 0 Å². The second-order valence-corrected chi connectivity index (χ2v) is 7.10. The fourth-order valence-corrected chi connectivity index (χ4v) is 3.13. The molecular weight excluding hydrogens is 416 g/mol. The molecule has 26 heavy (non-hydrogen) atoms. The molecule has 0 spiro atoms. The molecule has 2 aromatic carbocycles. The maximum absolute atomic E-state index is 6.21. The Bertz CT molecular complexity index is 698. The van der Waals surface area contributed by atoms with Gasteiger partial charge < -0.3 is 20.1 Å². The normalized spacial score (nSPS) is 10.8. The summed E-state index contributed by atoms with van der Waals surface area (Å²) < 4.78 is 12.8. The third-order valence-electron chi connectivity index (χ3n) is 3.85. The Kier molecular flexibility index (Phi) is 9.26. The maximum atomic E-state index is 6.21. The van der Waals surface area contributed by atoms with Gasteiger partial charge in [0.15, 0.2) is 11.5 Å². The topological polar surface area (TPSA) is 42.5 Å². The van der Waals surface area contributed by atoms with Gasteiger partial charge in [-0.05, 0) is 57.2 Å². The lowest BCUT2D eigenvalue weighted by Gasteiger charge is -2.16. The molecule has 0 saturated carbocycles. The fourth-order valence-electron chi connectivity index (χ4n) is 2.48. The number of hydrogen-bond donors (Lipinski definition) is 2. The minimum Gasteiger partial charge on any atom is -0.490 e. The smallest absolute Gasteiger partial charge is 0.162 e. The lowest BCUT2D eigenvalue weighted by molar-refractivity contribution is 0.269. The van der Waals surface area contributed by atoms with E-state index in [1.165, 1.54) is 0 Å². The lowest BCUT2D eigenvalue weighted by atomic mass is 10.2. The van der Waals surface area contributed by atoms with Gasteiger partial charge in [0.2, 0.25) is 0 Å². The van der Waals surface area contributed by atoms with E-state index in [1.807, 2.05) is 50.4 Å². The Labute approximate surface area is 169 Å². The van der Waals surface area contributed by atoms with Crippen LogP contribution >= 0.6 is 27.5 Å². The summed E-state index contributed by atoms with van der Waals surface area (Å²) in [5.41, 5.74) is 2.09. The van der Waals surface area contributed by atoms with Crippen molar-refractivity contribution in [2.45, 2.75) is 26.5 Å². The molecule has 0 heterocycles. The van der Waals surface area contributed by atoms with Crippen LogP contribution in [0.1, 0.15) is 24.5 Å². The van der Waals surface area contributed by atoms with Gasteiger partial charge in [0.1, 0.15) is 6.61 Å². The van der Waals surface area contributed by atoms with E-state index in [0.29, 0.717) is 24.0 Å². The fraction of sp³-hybridized carbons (Fsp3) is 0.400. The molecule has 2 aromatic rings. The summed E-state index contributed by atoms with van der Waals surface area (Å²) >= 11 is 9.85. The van der Waals surface area contributed by atoms with Crippen LogP contribution in [-0.4, -0.2) is 26.7 Å². The highest BCUT2D eigenvalue weighted by atomic mass is 79.9. The summed E-state index contributed by atoms with van der Waals surface area (Å²) in [6.45, 7) is 5.69. The first-order chi connectivity index (χ1) is 12.7.